The molecule has 1 amide bonds. The van der Waals surface area contributed by atoms with E-state index in [4.69, 9.17) is 9.73 Å². The van der Waals surface area contributed by atoms with Gasteiger partial charge >= 0.3 is 0 Å². The second kappa shape index (κ2) is 8.23. The number of nitrogens with one attached hydrogen (secondary N) is 1. The normalized spacial score (nSPS) is 23.5. The smallest absolute Gasteiger partial charge is 0.282 e. The van der Waals surface area contributed by atoms with Gasteiger partial charge in [0.1, 0.15) is 6.04 Å². The number of aliphatic imine (C=N–C) groups is 1. The van der Waals surface area contributed by atoms with Gasteiger partial charge in [0.25, 0.3) is 11.8 Å². The van der Waals surface area contributed by atoms with Crippen LogP contribution in [0.15, 0.2) is 89.6 Å². The van der Waals surface area contributed by atoms with Gasteiger partial charge in [-0.1, -0.05) is 66.7 Å². The molecule has 28 heavy (non-hydrogen) atoms. The summed E-state index contributed by atoms with van der Waals surface area (Å²) in [6.07, 6.45) is 5.54. The Kier molecular flexibility index (Phi) is 5.35. The fourth-order valence-corrected chi connectivity index (χ4v) is 3.53. The number of hydrogen-bond acceptors (Lipinski definition) is 3. The van der Waals surface area contributed by atoms with E-state index in [2.05, 4.69) is 29.6 Å². The second-order valence-electron chi connectivity index (χ2n) is 6.83. The van der Waals surface area contributed by atoms with Crippen molar-refractivity contribution in [2.75, 3.05) is 6.54 Å². The molecule has 5 heteroatoms. The molecule has 2 aliphatic heterocycles. The van der Waals surface area contributed by atoms with Crippen LogP contribution in [0.3, 0.4) is 0 Å². The molecule has 0 radical (unpaired) electrons. The van der Waals surface area contributed by atoms with Gasteiger partial charge in [-0.25, -0.2) is 4.99 Å². The van der Waals surface area contributed by atoms with Gasteiger partial charge in [0.05, 0.1) is 0 Å². The zero-order valence-electron chi connectivity index (χ0n) is 15.8. The van der Waals surface area contributed by atoms with Crippen LogP contribution in [0.5, 0.6) is 0 Å². The molecular formula is C23H24N3O2+. The topological polar surface area (TPSA) is 67.3 Å². The molecule has 5 nitrogen and oxygen atoms in total. The van der Waals surface area contributed by atoms with Crippen molar-refractivity contribution in [1.29, 1.82) is 0 Å². The maximum Gasteiger partial charge on any atom is 0.282 e. The highest BCUT2D eigenvalue weighted by Crippen LogP contribution is 2.40. The predicted octanol–water partition coefficient (Wildman–Crippen LogP) is 2.42. The molecule has 2 heterocycles. The van der Waals surface area contributed by atoms with Gasteiger partial charge in [0.2, 0.25) is 0 Å². The van der Waals surface area contributed by atoms with Gasteiger partial charge in [0, 0.05) is 12.6 Å². The Balaban J connectivity index is 1.62. The van der Waals surface area contributed by atoms with E-state index in [1.165, 1.54) is 0 Å². The molecule has 0 saturated heterocycles. The van der Waals surface area contributed by atoms with E-state index in [1.807, 2.05) is 66.9 Å². The third kappa shape index (κ3) is 3.75. The number of quaternary nitrogens is 1. The zero-order chi connectivity index (χ0) is 19.3. The molecule has 4 rings (SSSR count). The van der Waals surface area contributed by atoms with Crippen LogP contribution < -0.4 is 10.6 Å². The number of benzene rings is 2. The first-order chi connectivity index (χ1) is 13.8. The number of nitrogens with two attached hydrogens (primary N) is 1. The van der Waals surface area contributed by atoms with E-state index in [1.54, 1.807) is 0 Å². The van der Waals surface area contributed by atoms with Crippen molar-refractivity contribution in [1.82, 2.24) is 5.32 Å². The lowest BCUT2D eigenvalue weighted by Crippen LogP contribution is -2.92. The van der Waals surface area contributed by atoms with E-state index in [9.17, 15) is 4.79 Å². The Bertz CT molecular complexity index is 919. The highest BCUT2D eigenvalue weighted by atomic mass is 16.5. The molecule has 0 aliphatic carbocycles. The minimum atomic E-state index is -0.308. The molecule has 0 bridgehead atoms. The Morgan fingerprint density at radius 2 is 1.75 bits per heavy atom. The average molecular weight is 374 g/mol. The third-order valence-corrected chi connectivity index (χ3v) is 4.90. The summed E-state index contributed by atoms with van der Waals surface area (Å²) in [5.41, 5.74) is 3.04. The van der Waals surface area contributed by atoms with Crippen LogP contribution in [0.4, 0.5) is 0 Å². The van der Waals surface area contributed by atoms with Crippen LogP contribution in [0.2, 0.25) is 0 Å². The molecule has 3 unspecified atom stereocenters. The maximum absolute atomic E-state index is 12.2. The molecule has 0 aromatic heterocycles. The summed E-state index contributed by atoms with van der Waals surface area (Å²) in [6, 6.07) is 19.9. The quantitative estimate of drug-likeness (QED) is 0.844. The summed E-state index contributed by atoms with van der Waals surface area (Å²) in [4.78, 5) is 17.1. The third-order valence-electron chi connectivity index (χ3n) is 4.90. The fourth-order valence-electron chi connectivity index (χ4n) is 3.53. The van der Waals surface area contributed by atoms with E-state index < -0.39 is 0 Å². The van der Waals surface area contributed by atoms with Crippen LogP contribution in [-0.4, -0.2) is 24.4 Å². The van der Waals surface area contributed by atoms with Gasteiger partial charge in [-0.3, -0.25) is 10.1 Å². The Hall–Kier alpha value is -3.18. The number of carbonyl (C=O) groups excluding carboxylic acids is 1. The number of amides is 1. The number of ether oxygens (including phenoxy) is 1. The summed E-state index contributed by atoms with van der Waals surface area (Å²) < 4.78 is 6.33. The number of allylic oxidation sites excluding steroid dienone is 2. The van der Waals surface area contributed by atoms with Gasteiger partial charge < -0.3 is 10.1 Å². The molecule has 0 fully saturated rings. The molecule has 3 atom stereocenters. The van der Waals surface area contributed by atoms with Crippen LogP contribution in [0.1, 0.15) is 30.2 Å². The van der Waals surface area contributed by atoms with Crippen LogP contribution >= 0.6 is 0 Å². The SMILES string of the molecule is CCNC(=O)C1C=CC=C(C2=NC(c3ccccc3)C(c3ccccc3)O2)[NH2+]1. The van der Waals surface area contributed by atoms with Crippen molar-refractivity contribution in [2.24, 2.45) is 4.99 Å². The number of rotatable bonds is 5. The molecule has 2 aromatic rings. The Labute approximate surface area is 164 Å². The molecule has 2 aromatic carbocycles. The van der Waals surface area contributed by atoms with Crippen molar-refractivity contribution in [2.45, 2.75) is 25.1 Å². The van der Waals surface area contributed by atoms with Gasteiger partial charge in [0.15, 0.2) is 17.8 Å². The van der Waals surface area contributed by atoms with Crippen molar-refractivity contribution >= 4 is 11.8 Å². The lowest BCUT2D eigenvalue weighted by Gasteiger charge is -2.19. The second-order valence-corrected chi connectivity index (χ2v) is 6.83. The first-order valence-corrected chi connectivity index (χ1v) is 9.62. The highest BCUT2D eigenvalue weighted by molar-refractivity contribution is 5.93. The minimum absolute atomic E-state index is 0.0119. The summed E-state index contributed by atoms with van der Waals surface area (Å²) in [7, 11) is 0. The zero-order valence-corrected chi connectivity index (χ0v) is 15.8. The highest BCUT2D eigenvalue weighted by Gasteiger charge is 2.37. The van der Waals surface area contributed by atoms with Crippen LogP contribution in [-0.2, 0) is 9.53 Å². The summed E-state index contributed by atoms with van der Waals surface area (Å²) in [5, 5.41) is 4.78. The summed E-state index contributed by atoms with van der Waals surface area (Å²) >= 11 is 0. The molecule has 0 spiro atoms. The molecule has 142 valence electrons. The van der Waals surface area contributed by atoms with Crippen LogP contribution in [0, 0.1) is 0 Å². The van der Waals surface area contributed by atoms with Gasteiger partial charge in [-0.2, -0.15) is 0 Å². The average Bonchev–Trinajstić information content (AvgIpc) is 3.21. The summed E-state index contributed by atoms with van der Waals surface area (Å²) in [5.74, 6) is 0.573. The number of hydrogen-bond donors (Lipinski definition) is 2. The fraction of sp³-hybridized carbons (Fsp3) is 0.217. The van der Waals surface area contributed by atoms with Crippen molar-refractivity contribution in [3.05, 3.63) is 95.7 Å². The van der Waals surface area contributed by atoms with Crippen LogP contribution in [0.25, 0.3) is 0 Å². The molecule has 3 N–H and O–H groups in total. The monoisotopic (exact) mass is 374 g/mol. The minimum Gasteiger partial charge on any atom is -0.463 e. The maximum atomic E-state index is 12.2. The van der Waals surface area contributed by atoms with Crippen molar-refractivity contribution in [3.63, 3.8) is 0 Å². The lowest BCUT2D eigenvalue weighted by molar-refractivity contribution is -0.614. The lowest BCUT2D eigenvalue weighted by atomic mass is 9.97. The number of likely N-dealkylation sites (N-methyl/N-ethyl adjacent to an activating group) is 1. The van der Waals surface area contributed by atoms with Crippen molar-refractivity contribution < 1.29 is 14.8 Å². The Morgan fingerprint density at radius 1 is 1.07 bits per heavy atom. The number of nitrogens with zero attached hydrogens (tertiary/aromatic N) is 1. The van der Waals surface area contributed by atoms with E-state index in [-0.39, 0.29) is 24.1 Å². The predicted molar refractivity (Wildman–Crippen MR) is 109 cm³/mol. The largest absolute Gasteiger partial charge is 0.463 e. The van der Waals surface area contributed by atoms with Gasteiger partial charge in [-0.15, -0.1) is 0 Å². The first-order valence-electron chi connectivity index (χ1n) is 9.62. The number of carbonyl (C=O) groups is 1. The summed E-state index contributed by atoms with van der Waals surface area (Å²) in [6.45, 7) is 2.53. The molecule has 2 aliphatic rings. The van der Waals surface area contributed by atoms with E-state index >= 15 is 0 Å². The molecular weight excluding hydrogens is 350 g/mol. The molecule has 0 saturated carbocycles. The van der Waals surface area contributed by atoms with Gasteiger partial charge in [-0.05, 0) is 24.1 Å². The van der Waals surface area contributed by atoms with E-state index in [0.29, 0.717) is 12.4 Å². The standard InChI is InChI=1S/C23H23N3O2/c1-2-24-22(27)18-14-9-15-19(25-18)23-26-20(16-10-5-3-6-11-16)21(28-23)17-12-7-4-8-13-17/h3-15,18,20-21,25H,2H2,1H3,(H,24,27)/p+1. The van der Waals surface area contributed by atoms with Crippen molar-refractivity contribution in [3.8, 4) is 0 Å². The first kappa shape index (κ1) is 18.2. The van der Waals surface area contributed by atoms with E-state index in [0.717, 1.165) is 16.8 Å². The Morgan fingerprint density at radius 3 is 2.43 bits per heavy atom.